The number of nitrogens with one attached hydrogen (secondary N) is 1. The first-order valence-corrected chi connectivity index (χ1v) is 7.44. The minimum absolute atomic E-state index is 0.118. The van der Waals surface area contributed by atoms with E-state index in [4.69, 9.17) is 0 Å². The van der Waals surface area contributed by atoms with Crippen LogP contribution in [0.25, 0.3) is 0 Å². The Morgan fingerprint density at radius 2 is 1.84 bits per heavy atom. The number of rotatable bonds is 5. The summed E-state index contributed by atoms with van der Waals surface area (Å²) in [6.07, 6.45) is 6.55. The third-order valence-electron chi connectivity index (χ3n) is 3.63. The zero-order valence-corrected chi connectivity index (χ0v) is 11.8. The summed E-state index contributed by atoms with van der Waals surface area (Å²) in [7, 11) is 0. The fourth-order valence-electron chi connectivity index (χ4n) is 2.47. The summed E-state index contributed by atoms with van der Waals surface area (Å²) in [5.74, 6) is 0.118. The molecule has 19 heavy (non-hydrogen) atoms. The van der Waals surface area contributed by atoms with Gasteiger partial charge in [0.25, 0.3) is 0 Å². The van der Waals surface area contributed by atoms with E-state index in [0.29, 0.717) is 6.42 Å². The van der Waals surface area contributed by atoms with E-state index in [1.807, 2.05) is 12.1 Å². The first-order valence-electron chi connectivity index (χ1n) is 7.44. The predicted octanol–water partition coefficient (Wildman–Crippen LogP) is 3.81. The lowest BCUT2D eigenvalue weighted by atomic mass is 10.1. The Labute approximate surface area is 116 Å². The van der Waals surface area contributed by atoms with Crippen LogP contribution in [0, 0.1) is 0 Å². The molecule has 104 valence electrons. The highest BCUT2D eigenvalue weighted by Gasteiger charge is 2.10. The van der Waals surface area contributed by atoms with Crippen molar-refractivity contribution in [3.8, 4) is 0 Å². The van der Waals surface area contributed by atoms with Crippen molar-refractivity contribution < 1.29 is 4.79 Å². The van der Waals surface area contributed by atoms with Crippen molar-refractivity contribution >= 4 is 17.3 Å². The minimum Gasteiger partial charge on any atom is -0.372 e. The highest BCUT2D eigenvalue weighted by Crippen LogP contribution is 2.21. The molecule has 2 rings (SSSR count). The van der Waals surface area contributed by atoms with Gasteiger partial charge >= 0.3 is 0 Å². The molecule has 1 amide bonds. The summed E-state index contributed by atoms with van der Waals surface area (Å²) in [6, 6.07) is 8.24. The van der Waals surface area contributed by atoms with E-state index in [2.05, 4.69) is 29.3 Å². The Morgan fingerprint density at radius 1 is 1.16 bits per heavy atom. The molecule has 0 atom stereocenters. The Hall–Kier alpha value is -1.51. The number of hydrogen-bond acceptors (Lipinski definition) is 2. The third-order valence-corrected chi connectivity index (χ3v) is 3.63. The second-order valence-corrected chi connectivity index (χ2v) is 5.25. The van der Waals surface area contributed by atoms with Crippen molar-refractivity contribution in [1.29, 1.82) is 0 Å². The molecule has 1 aliphatic rings. The van der Waals surface area contributed by atoms with Gasteiger partial charge in [-0.1, -0.05) is 13.3 Å². The van der Waals surface area contributed by atoms with Gasteiger partial charge in [-0.05, 0) is 49.9 Å². The van der Waals surface area contributed by atoms with E-state index in [9.17, 15) is 4.79 Å². The monoisotopic (exact) mass is 260 g/mol. The summed E-state index contributed by atoms with van der Waals surface area (Å²) in [5.41, 5.74) is 2.17. The van der Waals surface area contributed by atoms with Gasteiger partial charge in [0.15, 0.2) is 0 Å². The highest BCUT2D eigenvalue weighted by molar-refractivity contribution is 5.90. The van der Waals surface area contributed by atoms with Crippen molar-refractivity contribution in [1.82, 2.24) is 0 Å². The molecule has 1 saturated heterocycles. The normalized spacial score (nSPS) is 15.3. The lowest BCUT2D eigenvalue weighted by Gasteiger charge is -2.28. The number of hydrogen-bond donors (Lipinski definition) is 1. The van der Waals surface area contributed by atoms with E-state index in [-0.39, 0.29) is 5.91 Å². The smallest absolute Gasteiger partial charge is 0.224 e. The molecular weight excluding hydrogens is 236 g/mol. The largest absolute Gasteiger partial charge is 0.372 e. The Kier molecular flexibility index (Phi) is 5.25. The Bertz CT molecular complexity index is 394. The van der Waals surface area contributed by atoms with Crippen LogP contribution in [-0.4, -0.2) is 19.0 Å². The van der Waals surface area contributed by atoms with Crippen molar-refractivity contribution in [2.24, 2.45) is 0 Å². The molecule has 3 heteroatoms. The molecule has 1 aliphatic heterocycles. The fraction of sp³-hybridized carbons (Fsp3) is 0.562. The van der Waals surface area contributed by atoms with Crippen LogP contribution >= 0.6 is 0 Å². The molecule has 0 aliphatic carbocycles. The summed E-state index contributed by atoms with van der Waals surface area (Å²) in [5, 5.41) is 2.95. The van der Waals surface area contributed by atoms with Crippen molar-refractivity contribution in [3.63, 3.8) is 0 Å². The Morgan fingerprint density at radius 3 is 2.47 bits per heavy atom. The number of amides is 1. The van der Waals surface area contributed by atoms with Crippen LogP contribution in [0.15, 0.2) is 24.3 Å². The van der Waals surface area contributed by atoms with Gasteiger partial charge < -0.3 is 10.2 Å². The molecule has 1 heterocycles. The maximum Gasteiger partial charge on any atom is 0.224 e. The molecule has 1 N–H and O–H groups in total. The standard InChI is InChI=1S/C16H24N2O/c1-2-3-7-16(19)17-14-8-10-15(11-9-14)18-12-5-4-6-13-18/h8-11H,2-7,12-13H2,1H3,(H,17,19). The van der Waals surface area contributed by atoms with Crippen molar-refractivity contribution in [3.05, 3.63) is 24.3 Å². The first-order chi connectivity index (χ1) is 9.29. The zero-order valence-electron chi connectivity index (χ0n) is 11.8. The maximum atomic E-state index is 11.6. The quantitative estimate of drug-likeness (QED) is 0.873. The van der Waals surface area contributed by atoms with Gasteiger partial charge in [0.1, 0.15) is 0 Å². The number of benzene rings is 1. The average molecular weight is 260 g/mol. The van der Waals surface area contributed by atoms with Gasteiger partial charge in [-0.25, -0.2) is 0 Å². The minimum atomic E-state index is 0.118. The fourth-order valence-corrected chi connectivity index (χ4v) is 2.47. The van der Waals surface area contributed by atoms with Gasteiger partial charge in [0, 0.05) is 30.9 Å². The molecule has 0 bridgehead atoms. The van der Waals surface area contributed by atoms with E-state index in [1.165, 1.54) is 24.9 Å². The van der Waals surface area contributed by atoms with E-state index in [0.717, 1.165) is 31.6 Å². The lowest BCUT2D eigenvalue weighted by Crippen LogP contribution is -2.29. The van der Waals surface area contributed by atoms with E-state index < -0.39 is 0 Å². The maximum absolute atomic E-state index is 11.6. The van der Waals surface area contributed by atoms with Crippen LogP contribution in [0.2, 0.25) is 0 Å². The lowest BCUT2D eigenvalue weighted by molar-refractivity contribution is -0.116. The average Bonchev–Trinajstić information content (AvgIpc) is 2.47. The topological polar surface area (TPSA) is 32.3 Å². The number of anilines is 2. The summed E-state index contributed by atoms with van der Waals surface area (Å²) in [4.78, 5) is 14.1. The van der Waals surface area contributed by atoms with Gasteiger partial charge in [-0.3, -0.25) is 4.79 Å². The molecule has 1 aromatic rings. The summed E-state index contributed by atoms with van der Waals surface area (Å²) in [6.45, 7) is 4.41. The van der Waals surface area contributed by atoms with E-state index in [1.54, 1.807) is 0 Å². The second-order valence-electron chi connectivity index (χ2n) is 5.25. The molecule has 0 spiro atoms. The summed E-state index contributed by atoms with van der Waals surface area (Å²) >= 11 is 0. The zero-order chi connectivity index (χ0) is 13.5. The highest BCUT2D eigenvalue weighted by atomic mass is 16.1. The summed E-state index contributed by atoms with van der Waals surface area (Å²) < 4.78 is 0. The van der Waals surface area contributed by atoms with Crippen LogP contribution in [0.4, 0.5) is 11.4 Å². The molecule has 0 unspecified atom stereocenters. The van der Waals surface area contributed by atoms with Crippen LogP contribution in [0.5, 0.6) is 0 Å². The number of carbonyl (C=O) groups excluding carboxylic acids is 1. The number of nitrogens with zero attached hydrogens (tertiary/aromatic N) is 1. The molecular formula is C16H24N2O. The van der Waals surface area contributed by atoms with Gasteiger partial charge in [0.2, 0.25) is 5.91 Å². The van der Waals surface area contributed by atoms with Crippen LogP contribution in [0.1, 0.15) is 45.4 Å². The Balaban J connectivity index is 1.88. The van der Waals surface area contributed by atoms with Crippen molar-refractivity contribution in [2.45, 2.75) is 45.4 Å². The number of piperidine rings is 1. The van der Waals surface area contributed by atoms with Gasteiger partial charge in [-0.2, -0.15) is 0 Å². The number of unbranched alkanes of at least 4 members (excludes halogenated alkanes) is 1. The molecule has 0 saturated carbocycles. The third kappa shape index (κ3) is 4.27. The SMILES string of the molecule is CCCCC(=O)Nc1ccc(N2CCCCC2)cc1. The van der Waals surface area contributed by atoms with Gasteiger partial charge in [-0.15, -0.1) is 0 Å². The van der Waals surface area contributed by atoms with Gasteiger partial charge in [0.05, 0.1) is 0 Å². The molecule has 1 fully saturated rings. The van der Waals surface area contributed by atoms with Crippen LogP contribution in [0.3, 0.4) is 0 Å². The van der Waals surface area contributed by atoms with Crippen LogP contribution < -0.4 is 10.2 Å². The van der Waals surface area contributed by atoms with Crippen molar-refractivity contribution in [2.75, 3.05) is 23.3 Å². The second kappa shape index (κ2) is 7.17. The molecule has 3 nitrogen and oxygen atoms in total. The molecule has 1 aromatic carbocycles. The van der Waals surface area contributed by atoms with Crippen LogP contribution in [-0.2, 0) is 4.79 Å². The predicted molar refractivity (Wildman–Crippen MR) is 80.7 cm³/mol. The number of carbonyl (C=O) groups is 1. The van der Waals surface area contributed by atoms with E-state index >= 15 is 0 Å². The molecule has 0 radical (unpaired) electrons. The first kappa shape index (κ1) is 13.9. The molecule has 0 aromatic heterocycles.